The Balaban J connectivity index is 1.92. The Kier molecular flexibility index (Phi) is 10.6. The third-order valence-corrected chi connectivity index (χ3v) is 6.86. The van der Waals surface area contributed by atoms with Gasteiger partial charge in [-0.05, 0) is 80.9 Å². The van der Waals surface area contributed by atoms with Crippen LogP contribution < -0.4 is 9.47 Å². The number of rotatable bonds is 14. The van der Waals surface area contributed by atoms with Crippen LogP contribution in [0.1, 0.15) is 63.1 Å². The molecule has 1 fully saturated rings. The molecule has 0 unspecified atom stereocenters. The van der Waals surface area contributed by atoms with Gasteiger partial charge in [0.15, 0.2) is 0 Å². The Morgan fingerprint density at radius 2 is 1.35 bits per heavy atom. The summed E-state index contributed by atoms with van der Waals surface area (Å²) < 4.78 is 10.5. The summed E-state index contributed by atoms with van der Waals surface area (Å²) >= 11 is 0. The van der Waals surface area contributed by atoms with E-state index < -0.39 is 17.7 Å². The van der Waals surface area contributed by atoms with Crippen LogP contribution in [0.3, 0.4) is 0 Å². The van der Waals surface area contributed by atoms with E-state index in [1.165, 1.54) is 0 Å². The highest BCUT2D eigenvalue weighted by Gasteiger charge is 2.45. The van der Waals surface area contributed by atoms with Crippen molar-refractivity contribution in [2.75, 3.05) is 40.4 Å². The molecule has 2 aromatic carbocycles. The molecule has 37 heavy (non-hydrogen) atoms. The maximum absolute atomic E-state index is 13.3. The van der Waals surface area contributed by atoms with Gasteiger partial charge in [-0.3, -0.25) is 9.59 Å². The number of hydrogen-bond donors (Lipinski definition) is 1. The summed E-state index contributed by atoms with van der Waals surface area (Å²) in [5.41, 5.74) is 1.32. The number of aliphatic hydroxyl groups excluding tert-OH is 1. The SMILES string of the molecule is CCCCN(CCCC)CCCN1C(=O)C(=O)C(=C(O)c2ccc(OC)cc2)[C@H]1c1ccc(OC)cc1. The number of amides is 1. The Bertz CT molecular complexity index is 1050. The lowest BCUT2D eigenvalue weighted by Gasteiger charge is -2.27. The Morgan fingerprint density at radius 3 is 1.86 bits per heavy atom. The highest BCUT2D eigenvalue weighted by molar-refractivity contribution is 6.46. The summed E-state index contributed by atoms with van der Waals surface area (Å²) in [6.45, 7) is 7.74. The maximum atomic E-state index is 13.3. The second kappa shape index (κ2) is 13.8. The monoisotopic (exact) mass is 508 g/mol. The van der Waals surface area contributed by atoms with Crippen LogP contribution in [0.2, 0.25) is 0 Å². The number of nitrogens with zero attached hydrogens (tertiary/aromatic N) is 2. The van der Waals surface area contributed by atoms with Crippen molar-refractivity contribution in [3.8, 4) is 11.5 Å². The Morgan fingerprint density at radius 1 is 0.838 bits per heavy atom. The van der Waals surface area contributed by atoms with Crippen molar-refractivity contribution in [3.63, 3.8) is 0 Å². The number of likely N-dealkylation sites (tertiary alicyclic amines) is 1. The van der Waals surface area contributed by atoms with E-state index >= 15 is 0 Å². The predicted molar refractivity (Wildman–Crippen MR) is 146 cm³/mol. The molecule has 7 heteroatoms. The lowest BCUT2D eigenvalue weighted by Crippen LogP contribution is -2.34. The number of benzene rings is 2. The second-order valence-electron chi connectivity index (χ2n) is 9.40. The van der Waals surface area contributed by atoms with E-state index in [0.717, 1.165) is 57.3 Å². The van der Waals surface area contributed by atoms with Crippen molar-refractivity contribution in [3.05, 3.63) is 65.2 Å². The van der Waals surface area contributed by atoms with Gasteiger partial charge >= 0.3 is 0 Å². The number of aliphatic hydroxyl groups is 1. The van der Waals surface area contributed by atoms with Crippen molar-refractivity contribution in [2.45, 2.75) is 52.0 Å². The lowest BCUT2D eigenvalue weighted by atomic mass is 9.95. The van der Waals surface area contributed by atoms with Gasteiger partial charge in [-0.25, -0.2) is 0 Å². The summed E-state index contributed by atoms with van der Waals surface area (Å²) in [6, 6.07) is 13.4. The number of hydrogen-bond acceptors (Lipinski definition) is 6. The Hall–Kier alpha value is -3.32. The molecule has 1 aliphatic rings. The van der Waals surface area contributed by atoms with Crippen LogP contribution in [0.4, 0.5) is 0 Å². The first kappa shape index (κ1) is 28.3. The van der Waals surface area contributed by atoms with Gasteiger partial charge in [-0.2, -0.15) is 0 Å². The first-order valence-corrected chi connectivity index (χ1v) is 13.2. The third-order valence-electron chi connectivity index (χ3n) is 6.86. The van der Waals surface area contributed by atoms with Gasteiger partial charge in [-0.15, -0.1) is 0 Å². The van der Waals surface area contributed by atoms with Gasteiger partial charge in [0.1, 0.15) is 17.3 Å². The number of Topliss-reactive ketones (excluding diaryl/α,β-unsaturated/α-hetero) is 1. The van der Waals surface area contributed by atoms with Crippen LogP contribution in [0, 0.1) is 0 Å². The molecule has 0 aliphatic carbocycles. The minimum Gasteiger partial charge on any atom is -0.507 e. The highest BCUT2D eigenvalue weighted by atomic mass is 16.5. The van der Waals surface area contributed by atoms with Crippen LogP contribution in [-0.4, -0.2) is 67.0 Å². The predicted octanol–water partition coefficient (Wildman–Crippen LogP) is 5.42. The minimum atomic E-state index is -0.673. The molecule has 1 heterocycles. The summed E-state index contributed by atoms with van der Waals surface area (Å²) in [5.74, 6) is -0.109. The van der Waals surface area contributed by atoms with Crippen LogP contribution in [0.25, 0.3) is 5.76 Å². The van der Waals surface area contributed by atoms with Gasteiger partial charge in [0.25, 0.3) is 11.7 Å². The van der Waals surface area contributed by atoms with Crippen molar-refractivity contribution in [2.24, 2.45) is 0 Å². The number of carbonyl (C=O) groups excluding carboxylic acids is 2. The molecule has 200 valence electrons. The fourth-order valence-electron chi connectivity index (χ4n) is 4.71. The van der Waals surface area contributed by atoms with Crippen LogP contribution >= 0.6 is 0 Å². The maximum Gasteiger partial charge on any atom is 0.295 e. The largest absolute Gasteiger partial charge is 0.507 e. The first-order valence-electron chi connectivity index (χ1n) is 13.2. The van der Waals surface area contributed by atoms with Crippen molar-refractivity contribution in [1.29, 1.82) is 0 Å². The smallest absolute Gasteiger partial charge is 0.295 e. The van der Waals surface area contributed by atoms with Gasteiger partial charge in [-0.1, -0.05) is 38.8 Å². The quantitative estimate of drug-likeness (QED) is 0.209. The molecule has 1 amide bonds. The summed E-state index contributed by atoms with van der Waals surface area (Å²) in [4.78, 5) is 30.6. The van der Waals surface area contributed by atoms with Crippen molar-refractivity contribution < 1.29 is 24.2 Å². The average Bonchev–Trinajstić information content (AvgIpc) is 3.18. The number of unbranched alkanes of at least 4 members (excludes halogenated alkanes) is 2. The van der Waals surface area contributed by atoms with E-state index in [2.05, 4.69) is 18.7 Å². The summed E-state index contributed by atoms with van der Waals surface area (Å²) in [5, 5.41) is 11.2. The van der Waals surface area contributed by atoms with Crippen molar-refractivity contribution in [1.82, 2.24) is 9.80 Å². The standard InChI is InChI=1S/C30H40N2O5/c1-5-7-18-31(19-8-6-2)20-9-21-32-27(22-10-14-24(36-3)15-11-22)26(29(34)30(32)35)28(33)23-12-16-25(37-4)17-13-23/h10-17,27,33H,5-9,18-21H2,1-4H3/t27-/m1/s1. The third kappa shape index (κ3) is 6.92. The molecule has 2 aromatic rings. The van der Waals surface area contributed by atoms with E-state index in [1.54, 1.807) is 55.5 Å². The molecule has 0 radical (unpaired) electrons. The Labute approximate surface area is 220 Å². The van der Waals surface area contributed by atoms with E-state index in [0.29, 0.717) is 23.6 Å². The van der Waals surface area contributed by atoms with Crippen LogP contribution in [-0.2, 0) is 9.59 Å². The van der Waals surface area contributed by atoms with E-state index in [4.69, 9.17) is 9.47 Å². The topological polar surface area (TPSA) is 79.3 Å². The minimum absolute atomic E-state index is 0.106. The molecule has 1 N–H and O–H groups in total. The zero-order chi connectivity index (χ0) is 26.8. The van der Waals surface area contributed by atoms with Gasteiger partial charge in [0.2, 0.25) is 0 Å². The van der Waals surface area contributed by atoms with Crippen molar-refractivity contribution >= 4 is 17.4 Å². The number of methoxy groups -OCH3 is 2. The summed E-state index contributed by atoms with van der Waals surface area (Å²) in [6.07, 6.45) is 5.31. The fraction of sp³-hybridized carbons (Fsp3) is 0.467. The van der Waals surface area contributed by atoms with Crippen LogP contribution in [0.5, 0.6) is 11.5 Å². The molecule has 0 spiro atoms. The normalized spacial score (nSPS) is 17.0. The molecular formula is C30H40N2O5. The zero-order valence-corrected chi connectivity index (χ0v) is 22.5. The first-order chi connectivity index (χ1) is 17.9. The molecule has 1 atom stereocenters. The molecule has 1 saturated heterocycles. The summed E-state index contributed by atoms with van der Waals surface area (Å²) in [7, 11) is 3.16. The molecule has 0 bridgehead atoms. The van der Waals surface area contributed by atoms with Gasteiger partial charge < -0.3 is 24.4 Å². The van der Waals surface area contributed by atoms with Crippen LogP contribution in [0.15, 0.2) is 54.1 Å². The van der Waals surface area contributed by atoms with E-state index in [-0.39, 0.29) is 11.3 Å². The molecular weight excluding hydrogens is 468 g/mol. The number of ketones is 1. The van der Waals surface area contributed by atoms with Gasteiger partial charge in [0, 0.05) is 12.1 Å². The molecule has 1 aliphatic heterocycles. The number of carbonyl (C=O) groups is 2. The van der Waals surface area contributed by atoms with E-state index in [9.17, 15) is 14.7 Å². The highest BCUT2D eigenvalue weighted by Crippen LogP contribution is 2.40. The molecule has 0 saturated carbocycles. The molecule has 3 rings (SSSR count). The second-order valence-corrected chi connectivity index (χ2v) is 9.40. The average molecular weight is 509 g/mol. The molecule has 0 aromatic heterocycles. The number of ether oxygens (including phenoxy) is 2. The van der Waals surface area contributed by atoms with E-state index in [1.807, 2.05) is 12.1 Å². The lowest BCUT2D eigenvalue weighted by molar-refractivity contribution is -0.140. The molecule has 7 nitrogen and oxygen atoms in total. The van der Waals surface area contributed by atoms with Gasteiger partial charge in [0.05, 0.1) is 25.8 Å². The zero-order valence-electron chi connectivity index (χ0n) is 22.5. The fourth-order valence-corrected chi connectivity index (χ4v) is 4.71.